The van der Waals surface area contributed by atoms with Crippen molar-refractivity contribution < 1.29 is 29.0 Å². The van der Waals surface area contributed by atoms with Crippen LogP contribution in [-0.2, 0) is 14.3 Å². The fourth-order valence-corrected chi connectivity index (χ4v) is 4.95. The number of nitrogens with zero attached hydrogens (tertiary/aromatic N) is 2. The van der Waals surface area contributed by atoms with Crippen molar-refractivity contribution in [2.45, 2.75) is 33.2 Å². The van der Waals surface area contributed by atoms with E-state index in [-0.39, 0.29) is 27.9 Å². The maximum absolute atomic E-state index is 13.4. The summed E-state index contributed by atoms with van der Waals surface area (Å²) in [4.78, 5) is 45.0. The van der Waals surface area contributed by atoms with Crippen molar-refractivity contribution in [3.63, 3.8) is 0 Å². The van der Waals surface area contributed by atoms with Crippen molar-refractivity contribution in [3.8, 4) is 5.75 Å². The van der Waals surface area contributed by atoms with Crippen LogP contribution in [0, 0.1) is 6.92 Å². The molecule has 1 unspecified atom stereocenters. The van der Waals surface area contributed by atoms with Crippen molar-refractivity contribution in [3.05, 3.63) is 81.9 Å². The molecule has 186 valence electrons. The van der Waals surface area contributed by atoms with Gasteiger partial charge < -0.3 is 14.6 Å². The lowest BCUT2D eigenvalue weighted by atomic mass is 9.95. The Labute approximate surface area is 212 Å². The highest BCUT2D eigenvalue weighted by Gasteiger charge is 2.48. The van der Waals surface area contributed by atoms with Crippen LogP contribution in [0.5, 0.6) is 5.75 Å². The molecule has 9 heteroatoms. The number of carbonyl (C=O) groups excluding carboxylic acids is 3. The third-order valence-corrected chi connectivity index (χ3v) is 6.73. The van der Waals surface area contributed by atoms with E-state index in [2.05, 4.69) is 4.98 Å². The zero-order chi connectivity index (χ0) is 25.8. The number of Topliss-reactive ketones (excluding diaryl/α,β-unsaturated/α-hetero) is 1. The highest BCUT2D eigenvalue weighted by atomic mass is 32.1. The Balaban J connectivity index is 1.89. The SMILES string of the molecule is CCCOc1cccc(C2/C(=C(\O)c3ccccc3)C(=O)C(=O)N2c2nc(C)c(C(=O)OCC)s2)c1. The predicted octanol–water partition coefficient (Wildman–Crippen LogP) is 5.04. The van der Waals surface area contributed by atoms with Crippen LogP contribution in [0.15, 0.2) is 60.2 Å². The van der Waals surface area contributed by atoms with Crippen LogP contribution in [0.25, 0.3) is 5.76 Å². The quantitative estimate of drug-likeness (QED) is 0.197. The molecule has 0 radical (unpaired) electrons. The first-order valence-electron chi connectivity index (χ1n) is 11.6. The fraction of sp³-hybridized carbons (Fsp3) is 0.259. The smallest absolute Gasteiger partial charge is 0.350 e. The maximum atomic E-state index is 13.4. The average molecular weight is 507 g/mol. The van der Waals surface area contributed by atoms with Gasteiger partial charge in [0.25, 0.3) is 5.78 Å². The van der Waals surface area contributed by atoms with Crippen molar-refractivity contribution in [1.29, 1.82) is 0 Å². The lowest BCUT2D eigenvalue weighted by molar-refractivity contribution is -0.132. The molecule has 1 aromatic heterocycles. The van der Waals surface area contributed by atoms with Gasteiger partial charge in [0.1, 0.15) is 16.4 Å². The number of rotatable bonds is 8. The van der Waals surface area contributed by atoms with Gasteiger partial charge in [0, 0.05) is 5.56 Å². The number of hydrogen-bond acceptors (Lipinski definition) is 8. The zero-order valence-corrected chi connectivity index (χ0v) is 21.0. The van der Waals surface area contributed by atoms with Crippen molar-refractivity contribution in [1.82, 2.24) is 4.98 Å². The van der Waals surface area contributed by atoms with E-state index in [4.69, 9.17) is 9.47 Å². The first kappa shape index (κ1) is 25.1. The first-order chi connectivity index (χ1) is 17.4. The lowest BCUT2D eigenvalue weighted by Crippen LogP contribution is -2.29. The standard InChI is InChI=1S/C27H26N2O6S/c1-4-14-35-19-13-9-12-18(15-19)21-20(22(30)17-10-7-6-8-11-17)23(31)25(32)29(21)27-28-16(3)24(36-27)26(33)34-5-2/h6-13,15,21,30H,4-5,14H2,1-3H3/b22-20+. The van der Waals surface area contributed by atoms with Gasteiger partial charge in [0.2, 0.25) is 0 Å². The van der Waals surface area contributed by atoms with E-state index in [1.807, 2.05) is 6.92 Å². The van der Waals surface area contributed by atoms with Crippen LogP contribution in [0.1, 0.15) is 52.8 Å². The number of ketones is 1. The molecule has 36 heavy (non-hydrogen) atoms. The van der Waals surface area contributed by atoms with E-state index in [1.54, 1.807) is 68.4 Å². The average Bonchev–Trinajstić information content (AvgIpc) is 3.40. The number of hydrogen-bond donors (Lipinski definition) is 1. The molecule has 1 aliphatic heterocycles. The number of aromatic nitrogens is 1. The van der Waals surface area contributed by atoms with Gasteiger partial charge in [0.05, 0.1) is 30.5 Å². The third kappa shape index (κ3) is 4.74. The Morgan fingerprint density at radius 2 is 1.86 bits per heavy atom. The van der Waals surface area contributed by atoms with Gasteiger partial charge in [-0.05, 0) is 38.0 Å². The number of thiazole rings is 1. The van der Waals surface area contributed by atoms with E-state index < -0.39 is 23.7 Å². The Morgan fingerprint density at radius 3 is 2.56 bits per heavy atom. The van der Waals surface area contributed by atoms with Crippen LogP contribution in [0.2, 0.25) is 0 Å². The first-order valence-corrected chi connectivity index (χ1v) is 12.4. The van der Waals surface area contributed by atoms with Gasteiger partial charge in [0.15, 0.2) is 5.13 Å². The molecular formula is C27H26N2O6S. The molecule has 3 aromatic rings. The molecule has 1 saturated heterocycles. The molecule has 0 spiro atoms. The summed E-state index contributed by atoms with van der Waals surface area (Å²) in [6, 6.07) is 14.6. The summed E-state index contributed by atoms with van der Waals surface area (Å²) in [6.07, 6.45) is 0.811. The second kappa shape index (κ2) is 10.7. The number of aryl methyl sites for hydroxylation is 1. The monoisotopic (exact) mass is 506 g/mol. The van der Waals surface area contributed by atoms with Crippen molar-refractivity contribution >= 4 is 39.9 Å². The molecule has 0 saturated carbocycles. The van der Waals surface area contributed by atoms with Gasteiger partial charge >= 0.3 is 11.9 Å². The molecule has 8 nitrogen and oxygen atoms in total. The Morgan fingerprint density at radius 1 is 1.11 bits per heavy atom. The predicted molar refractivity (Wildman–Crippen MR) is 136 cm³/mol. The molecule has 2 heterocycles. The summed E-state index contributed by atoms with van der Waals surface area (Å²) < 4.78 is 10.9. The number of amides is 1. The highest BCUT2D eigenvalue weighted by Crippen LogP contribution is 2.44. The summed E-state index contributed by atoms with van der Waals surface area (Å²) in [5.41, 5.74) is 1.29. The minimum absolute atomic E-state index is 0.0654. The molecule has 1 amide bonds. The van der Waals surface area contributed by atoms with Crippen LogP contribution in [-0.4, -0.2) is 41.0 Å². The summed E-state index contributed by atoms with van der Waals surface area (Å²) in [5.74, 6) is -1.96. The highest BCUT2D eigenvalue weighted by molar-refractivity contribution is 7.17. The Hall–Kier alpha value is -3.98. The number of benzene rings is 2. The van der Waals surface area contributed by atoms with Crippen molar-refractivity contribution in [2.75, 3.05) is 18.1 Å². The van der Waals surface area contributed by atoms with Crippen molar-refractivity contribution in [2.24, 2.45) is 0 Å². The fourth-order valence-electron chi connectivity index (χ4n) is 3.96. The van der Waals surface area contributed by atoms with Crippen LogP contribution in [0.3, 0.4) is 0 Å². The second-order valence-electron chi connectivity index (χ2n) is 8.09. The lowest BCUT2D eigenvalue weighted by Gasteiger charge is -2.23. The van der Waals surface area contributed by atoms with Gasteiger partial charge in [-0.25, -0.2) is 9.78 Å². The number of ether oxygens (including phenoxy) is 2. The summed E-state index contributed by atoms with van der Waals surface area (Å²) in [7, 11) is 0. The number of aliphatic hydroxyl groups excluding tert-OH is 1. The molecule has 1 aliphatic rings. The number of carbonyl (C=O) groups is 3. The zero-order valence-electron chi connectivity index (χ0n) is 20.2. The van der Waals surface area contributed by atoms with E-state index >= 15 is 0 Å². The number of esters is 1. The van der Waals surface area contributed by atoms with E-state index in [0.29, 0.717) is 29.2 Å². The minimum Gasteiger partial charge on any atom is -0.507 e. The summed E-state index contributed by atoms with van der Waals surface area (Å²) in [5, 5.41) is 11.4. The largest absolute Gasteiger partial charge is 0.507 e. The molecule has 4 rings (SSSR count). The van der Waals surface area contributed by atoms with Gasteiger partial charge in [-0.3, -0.25) is 14.5 Å². The topological polar surface area (TPSA) is 106 Å². The van der Waals surface area contributed by atoms with Gasteiger partial charge in [-0.1, -0.05) is 60.7 Å². The van der Waals surface area contributed by atoms with Crippen LogP contribution >= 0.6 is 11.3 Å². The molecule has 1 fully saturated rings. The van der Waals surface area contributed by atoms with E-state index in [9.17, 15) is 19.5 Å². The van der Waals surface area contributed by atoms with Crippen LogP contribution < -0.4 is 9.64 Å². The molecular weight excluding hydrogens is 480 g/mol. The van der Waals surface area contributed by atoms with E-state index in [1.165, 1.54) is 4.90 Å². The molecule has 2 aromatic carbocycles. The molecule has 0 bridgehead atoms. The van der Waals surface area contributed by atoms with Crippen LogP contribution in [0.4, 0.5) is 5.13 Å². The number of aliphatic hydroxyl groups is 1. The van der Waals surface area contributed by atoms with Gasteiger partial charge in [-0.2, -0.15) is 0 Å². The molecule has 1 atom stereocenters. The van der Waals surface area contributed by atoms with E-state index in [0.717, 1.165) is 17.8 Å². The third-order valence-electron chi connectivity index (χ3n) is 5.59. The maximum Gasteiger partial charge on any atom is 0.350 e. The molecule has 1 N–H and O–H groups in total. The minimum atomic E-state index is -0.976. The normalized spacial score (nSPS) is 16.9. The Bertz CT molecular complexity index is 1330. The molecule has 0 aliphatic carbocycles. The Kier molecular flexibility index (Phi) is 7.49. The summed E-state index contributed by atoms with van der Waals surface area (Å²) >= 11 is 0.968. The second-order valence-corrected chi connectivity index (χ2v) is 9.07. The summed E-state index contributed by atoms with van der Waals surface area (Å²) in [6.45, 7) is 6.02. The van der Waals surface area contributed by atoms with Gasteiger partial charge in [-0.15, -0.1) is 0 Å². The number of anilines is 1.